The predicted octanol–water partition coefficient (Wildman–Crippen LogP) is 0.936. The van der Waals surface area contributed by atoms with Gasteiger partial charge in [0.1, 0.15) is 11.6 Å². The lowest BCUT2D eigenvalue weighted by atomic mass is 10.3. The molecule has 1 heterocycles. The van der Waals surface area contributed by atoms with Crippen LogP contribution in [0, 0.1) is 0 Å². The Bertz CT molecular complexity index is 623. The molecule has 7 heteroatoms. The third-order valence-electron chi connectivity index (χ3n) is 2.45. The molecule has 0 unspecified atom stereocenters. The maximum absolute atomic E-state index is 12.2. The van der Waals surface area contributed by atoms with Crippen LogP contribution in [0.1, 0.15) is 5.82 Å². The summed E-state index contributed by atoms with van der Waals surface area (Å²) in [6.07, 6.45) is 3.19. The van der Waals surface area contributed by atoms with E-state index >= 15 is 0 Å². The van der Waals surface area contributed by atoms with Gasteiger partial charge in [-0.05, 0) is 18.2 Å². The Morgan fingerprint density at radius 3 is 2.83 bits per heavy atom. The summed E-state index contributed by atoms with van der Waals surface area (Å²) in [4.78, 5) is 6.86. The number of phenolic OH excluding ortho intramolecular Hbond substituents is 1. The number of aromatic hydroxyl groups is 1. The van der Waals surface area contributed by atoms with Gasteiger partial charge in [0, 0.05) is 19.4 Å². The summed E-state index contributed by atoms with van der Waals surface area (Å²) in [5.74, 6) is 0.476. The number of nitrogens with one attached hydrogen (secondary N) is 1. The van der Waals surface area contributed by atoms with E-state index in [9.17, 15) is 13.5 Å². The fourth-order valence-corrected chi connectivity index (χ4v) is 2.68. The zero-order chi connectivity index (χ0) is 13.2. The van der Waals surface area contributed by atoms with Crippen molar-refractivity contribution in [3.05, 3.63) is 42.5 Å². The first kappa shape index (κ1) is 12.6. The Kier molecular flexibility index (Phi) is 3.35. The highest BCUT2D eigenvalue weighted by Crippen LogP contribution is 2.19. The quantitative estimate of drug-likeness (QED) is 0.863. The number of hydrogen-bond donors (Lipinski definition) is 2. The standard InChI is InChI=1S/C11H13N3O3S/c1-14(8-11-12-5-6-13-11)18(16,17)10-4-2-3-9(15)7-10/h2-7,15H,8H2,1H3,(H,12,13). The third-order valence-corrected chi connectivity index (χ3v) is 4.25. The second-order valence-electron chi connectivity index (χ2n) is 3.79. The van der Waals surface area contributed by atoms with Gasteiger partial charge in [0.15, 0.2) is 0 Å². The second kappa shape index (κ2) is 4.79. The Morgan fingerprint density at radius 1 is 1.44 bits per heavy atom. The molecule has 0 spiro atoms. The van der Waals surface area contributed by atoms with Crippen molar-refractivity contribution in [3.63, 3.8) is 0 Å². The summed E-state index contributed by atoms with van der Waals surface area (Å²) in [6.45, 7) is 0.144. The number of sulfonamides is 1. The van der Waals surface area contributed by atoms with Crippen molar-refractivity contribution >= 4 is 10.0 Å². The first-order valence-corrected chi connectivity index (χ1v) is 6.68. The summed E-state index contributed by atoms with van der Waals surface area (Å²) in [7, 11) is -2.16. The molecule has 2 rings (SSSR count). The van der Waals surface area contributed by atoms with Crippen LogP contribution in [0.4, 0.5) is 0 Å². The zero-order valence-electron chi connectivity index (χ0n) is 9.74. The van der Waals surface area contributed by atoms with E-state index in [4.69, 9.17) is 0 Å². The highest BCUT2D eigenvalue weighted by Gasteiger charge is 2.21. The highest BCUT2D eigenvalue weighted by molar-refractivity contribution is 7.89. The van der Waals surface area contributed by atoms with Gasteiger partial charge in [0.25, 0.3) is 0 Å². The minimum Gasteiger partial charge on any atom is -0.508 e. The van der Waals surface area contributed by atoms with Crippen molar-refractivity contribution in [2.24, 2.45) is 0 Å². The van der Waals surface area contributed by atoms with Gasteiger partial charge in [0.2, 0.25) is 10.0 Å². The van der Waals surface area contributed by atoms with Crippen LogP contribution >= 0.6 is 0 Å². The number of imidazole rings is 1. The number of nitrogens with zero attached hydrogens (tertiary/aromatic N) is 2. The Morgan fingerprint density at radius 2 is 2.22 bits per heavy atom. The Hall–Kier alpha value is -1.86. The van der Waals surface area contributed by atoms with E-state index in [-0.39, 0.29) is 17.2 Å². The molecule has 6 nitrogen and oxygen atoms in total. The molecular formula is C11H13N3O3S. The van der Waals surface area contributed by atoms with Crippen molar-refractivity contribution in [3.8, 4) is 5.75 Å². The molecule has 2 aromatic rings. The van der Waals surface area contributed by atoms with Crippen molar-refractivity contribution in [2.75, 3.05) is 7.05 Å². The lowest BCUT2D eigenvalue weighted by Gasteiger charge is -2.15. The van der Waals surface area contributed by atoms with E-state index in [1.54, 1.807) is 12.4 Å². The molecule has 1 aromatic heterocycles. The van der Waals surface area contributed by atoms with Gasteiger partial charge < -0.3 is 10.1 Å². The molecule has 2 N–H and O–H groups in total. The minimum absolute atomic E-state index is 0.0524. The number of aromatic nitrogens is 2. The van der Waals surface area contributed by atoms with Crippen LogP contribution in [0.2, 0.25) is 0 Å². The van der Waals surface area contributed by atoms with Gasteiger partial charge in [0.05, 0.1) is 11.4 Å². The normalized spacial score (nSPS) is 11.9. The smallest absolute Gasteiger partial charge is 0.243 e. The maximum atomic E-state index is 12.2. The first-order valence-electron chi connectivity index (χ1n) is 5.24. The molecule has 0 amide bonds. The predicted molar refractivity (Wildman–Crippen MR) is 65.3 cm³/mol. The van der Waals surface area contributed by atoms with E-state index in [2.05, 4.69) is 9.97 Å². The van der Waals surface area contributed by atoms with Gasteiger partial charge in [-0.3, -0.25) is 0 Å². The summed E-state index contributed by atoms with van der Waals surface area (Å²) in [6, 6.07) is 5.57. The SMILES string of the molecule is CN(Cc1ncc[nH]1)S(=O)(=O)c1cccc(O)c1. The number of aromatic amines is 1. The van der Waals surface area contributed by atoms with Gasteiger partial charge >= 0.3 is 0 Å². The van der Waals surface area contributed by atoms with E-state index in [0.717, 1.165) is 0 Å². The van der Waals surface area contributed by atoms with Gasteiger partial charge in [-0.1, -0.05) is 6.07 Å². The minimum atomic E-state index is -3.62. The van der Waals surface area contributed by atoms with Crippen LogP contribution in [-0.4, -0.2) is 34.8 Å². The molecule has 0 radical (unpaired) electrons. The number of H-pyrrole nitrogens is 1. The van der Waals surface area contributed by atoms with E-state index in [0.29, 0.717) is 5.82 Å². The van der Waals surface area contributed by atoms with Crippen molar-refractivity contribution in [1.82, 2.24) is 14.3 Å². The molecule has 0 aliphatic rings. The Balaban J connectivity index is 2.25. The Labute approximate surface area is 105 Å². The lowest BCUT2D eigenvalue weighted by Crippen LogP contribution is -2.26. The average molecular weight is 267 g/mol. The van der Waals surface area contributed by atoms with Crippen LogP contribution in [0.5, 0.6) is 5.75 Å². The van der Waals surface area contributed by atoms with Crippen molar-refractivity contribution < 1.29 is 13.5 Å². The molecule has 0 bridgehead atoms. The number of hydrogen-bond acceptors (Lipinski definition) is 4. The van der Waals surface area contributed by atoms with Gasteiger partial charge in [-0.25, -0.2) is 13.4 Å². The second-order valence-corrected chi connectivity index (χ2v) is 5.84. The van der Waals surface area contributed by atoms with Crippen LogP contribution in [-0.2, 0) is 16.6 Å². The average Bonchev–Trinajstić information content (AvgIpc) is 2.81. The monoisotopic (exact) mass is 267 g/mol. The van der Waals surface area contributed by atoms with Gasteiger partial charge in [-0.15, -0.1) is 0 Å². The van der Waals surface area contributed by atoms with Crippen LogP contribution in [0.15, 0.2) is 41.6 Å². The van der Waals surface area contributed by atoms with E-state index in [1.807, 2.05) is 0 Å². The molecule has 0 aliphatic heterocycles. The van der Waals surface area contributed by atoms with Crippen LogP contribution < -0.4 is 0 Å². The molecule has 0 saturated carbocycles. The molecule has 1 aromatic carbocycles. The van der Waals surface area contributed by atoms with Crippen molar-refractivity contribution in [1.29, 1.82) is 0 Å². The molecule has 0 aliphatic carbocycles. The molecular weight excluding hydrogens is 254 g/mol. The van der Waals surface area contributed by atoms with E-state index in [1.165, 1.54) is 35.6 Å². The van der Waals surface area contributed by atoms with Crippen LogP contribution in [0.25, 0.3) is 0 Å². The largest absolute Gasteiger partial charge is 0.508 e. The maximum Gasteiger partial charge on any atom is 0.243 e. The van der Waals surface area contributed by atoms with Crippen LogP contribution in [0.3, 0.4) is 0 Å². The molecule has 0 saturated heterocycles. The lowest BCUT2D eigenvalue weighted by molar-refractivity contribution is 0.454. The zero-order valence-corrected chi connectivity index (χ0v) is 10.6. The first-order chi connectivity index (χ1) is 8.50. The third kappa shape index (κ3) is 2.52. The number of benzene rings is 1. The summed E-state index contributed by atoms with van der Waals surface area (Å²) < 4.78 is 25.5. The number of rotatable bonds is 4. The summed E-state index contributed by atoms with van der Waals surface area (Å²) in [5.41, 5.74) is 0. The van der Waals surface area contributed by atoms with Gasteiger partial charge in [-0.2, -0.15) is 4.31 Å². The van der Waals surface area contributed by atoms with E-state index < -0.39 is 10.0 Å². The molecule has 0 fully saturated rings. The topological polar surface area (TPSA) is 86.3 Å². The molecule has 96 valence electrons. The molecule has 18 heavy (non-hydrogen) atoms. The highest BCUT2D eigenvalue weighted by atomic mass is 32.2. The summed E-state index contributed by atoms with van der Waals surface area (Å²) >= 11 is 0. The van der Waals surface area contributed by atoms with Crippen molar-refractivity contribution in [2.45, 2.75) is 11.4 Å². The molecule has 0 atom stereocenters. The fraction of sp³-hybridized carbons (Fsp3) is 0.182. The number of phenols is 1. The fourth-order valence-electron chi connectivity index (χ4n) is 1.50. The summed E-state index contributed by atoms with van der Waals surface area (Å²) in [5, 5.41) is 9.31.